The van der Waals surface area contributed by atoms with Crippen LogP contribution >= 0.6 is 11.3 Å². The van der Waals surface area contributed by atoms with Crippen molar-refractivity contribution in [3.8, 4) is 11.4 Å². The Balaban J connectivity index is 1.43. The Hall–Kier alpha value is -3.18. The second-order valence-electron chi connectivity index (χ2n) is 9.54. The molecular formula is C26H31N7O2S. The first-order valence-corrected chi connectivity index (χ1v) is 12.9. The number of amides is 1. The van der Waals surface area contributed by atoms with Crippen molar-refractivity contribution in [3.05, 3.63) is 47.5 Å². The molecule has 188 valence electrons. The van der Waals surface area contributed by atoms with E-state index >= 15 is 0 Å². The van der Waals surface area contributed by atoms with Gasteiger partial charge in [0.2, 0.25) is 5.91 Å². The highest BCUT2D eigenvalue weighted by Gasteiger charge is 2.34. The van der Waals surface area contributed by atoms with Crippen LogP contribution < -0.4 is 11.1 Å². The topological polar surface area (TPSA) is 121 Å². The number of primary amides is 1. The number of aliphatic hydroxyl groups excluding tert-OH is 1. The highest BCUT2D eigenvalue weighted by molar-refractivity contribution is 7.19. The van der Waals surface area contributed by atoms with Gasteiger partial charge in [0.25, 0.3) is 0 Å². The zero-order valence-electron chi connectivity index (χ0n) is 20.6. The number of nitrogens with one attached hydrogen (secondary N) is 1. The lowest BCUT2D eigenvalue weighted by molar-refractivity contribution is -0.129. The monoisotopic (exact) mass is 505 g/mol. The standard InChI is InChI=1S/C26H31N7O2S/c1-26(2,25(27)35)33-12-10-32(11-13-33)16-17-15-21-22(36-17)24(29-9-14-34)31-23(30-21)19-7-8-28-20-6-4-3-5-18(19)20/h3-8,15,34H,9-14,16H2,1-2H3,(H2,27,35)(H,29,30,31). The van der Waals surface area contributed by atoms with E-state index in [9.17, 15) is 9.90 Å². The molecule has 0 spiro atoms. The number of hydrogen-bond acceptors (Lipinski definition) is 9. The number of rotatable bonds is 8. The maximum Gasteiger partial charge on any atom is 0.237 e. The number of aromatic nitrogens is 3. The third kappa shape index (κ3) is 4.77. The van der Waals surface area contributed by atoms with E-state index in [-0.39, 0.29) is 12.5 Å². The van der Waals surface area contributed by atoms with E-state index in [1.807, 2.05) is 44.2 Å². The average molecular weight is 506 g/mol. The van der Waals surface area contributed by atoms with E-state index in [0.29, 0.717) is 12.4 Å². The van der Waals surface area contributed by atoms with E-state index in [1.54, 1.807) is 17.5 Å². The average Bonchev–Trinajstić information content (AvgIpc) is 3.29. The molecule has 1 aliphatic rings. The summed E-state index contributed by atoms with van der Waals surface area (Å²) in [5.41, 5.74) is 7.67. The number of benzene rings is 1. The van der Waals surface area contributed by atoms with E-state index in [0.717, 1.165) is 65.2 Å². The molecule has 4 N–H and O–H groups in total. The molecule has 4 aromatic rings. The maximum absolute atomic E-state index is 11.8. The summed E-state index contributed by atoms with van der Waals surface area (Å²) in [6.45, 7) is 8.32. The summed E-state index contributed by atoms with van der Waals surface area (Å²) < 4.78 is 0.981. The molecular weight excluding hydrogens is 474 g/mol. The van der Waals surface area contributed by atoms with Crippen molar-refractivity contribution in [3.63, 3.8) is 0 Å². The summed E-state index contributed by atoms with van der Waals surface area (Å²) in [6.07, 6.45) is 1.78. The van der Waals surface area contributed by atoms with Gasteiger partial charge in [-0.1, -0.05) is 18.2 Å². The maximum atomic E-state index is 11.8. The van der Waals surface area contributed by atoms with E-state index in [2.05, 4.69) is 26.2 Å². The summed E-state index contributed by atoms with van der Waals surface area (Å²) >= 11 is 1.68. The van der Waals surface area contributed by atoms with Crippen molar-refractivity contribution < 1.29 is 9.90 Å². The lowest BCUT2D eigenvalue weighted by atomic mass is 10.0. The molecule has 4 heterocycles. The fourth-order valence-electron chi connectivity index (χ4n) is 4.60. The normalized spacial score (nSPS) is 15.5. The lowest BCUT2D eigenvalue weighted by Gasteiger charge is -2.42. The van der Waals surface area contributed by atoms with Crippen LogP contribution in [0.3, 0.4) is 0 Å². The number of pyridine rings is 1. The molecule has 5 rings (SSSR count). The van der Waals surface area contributed by atoms with Gasteiger partial charge in [0, 0.05) is 61.3 Å². The number of piperazine rings is 1. The zero-order chi connectivity index (χ0) is 25.3. The molecule has 0 saturated carbocycles. The number of aliphatic hydroxyl groups is 1. The predicted octanol–water partition coefficient (Wildman–Crippen LogP) is 2.69. The SMILES string of the molecule is CC(C)(C(N)=O)N1CCN(Cc2cc3nc(-c4ccnc5ccccc45)nc(NCCO)c3s2)CC1. The molecule has 10 heteroatoms. The van der Waals surface area contributed by atoms with Crippen molar-refractivity contribution in [2.45, 2.75) is 25.9 Å². The highest BCUT2D eigenvalue weighted by Crippen LogP contribution is 2.34. The molecule has 36 heavy (non-hydrogen) atoms. The van der Waals surface area contributed by atoms with Crippen LogP contribution in [0.2, 0.25) is 0 Å². The summed E-state index contributed by atoms with van der Waals surface area (Å²) in [5, 5.41) is 13.7. The number of anilines is 1. The van der Waals surface area contributed by atoms with Gasteiger partial charge in [0.1, 0.15) is 5.82 Å². The summed E-state index contributed by atoms with van der Waals surface area (Å²) in [4.78, 5) is 31.8. The number of nitrogens with zero attached hydrogens (tertiary/aromatic N) is 5. The van der Waals surface area contributed by atoms with Gasteiger partial charge in [-0.3, -0.25) is 19.6 Å². The molecule has 1 aliphatic heterocycles. The molecule has 1 saturated heterocycles. The molecule has 1 amide bonds. The van der Waals surface area contributed by atoms with Gasteiger partial charge in [-0.2, -0.15) is 0 Å². The van der Waals surface area contributed by atoms with Gasteiger partial charge in [-0.15, -0.1) is 11.3 Å². The van der Waals surface area contributed by atoms with Gasteiger partial charge in [-0.05, 0) is 32.0 Å². The van der Waals surface area contributed by atoms with E-state index in [4.69, 9.17) is 15.7 Å². The Labute approximate surface area is 214 Å². The van der Waals surface area contributed by atoms with Crippen LogP contribution in [0.4, 0.5) is 5.82 Å². The minimum Gasteiger partial charge on any atom is -0.395 e. The van der Waals surface area contributed by atoms with E-state index in [1.165, 1.54) is 4.88 Å². The van der Waals surface area contributed by atoms with Crippen molar-refractivity contribution >= 4 is 44.2 Å². The minimum atomic E-state index is -0.639. The number of carbonyl (C=O) groups excluding carboxylic acids is 1. The summed E-state index contributed by atoms with van der Waals surface area (Å²) in [6, 6.07) is 12.1. The first-order chi connectivity index (χ1) is 17.4. The van der Waals surface area contributed by atoms with Gasteiger partial charge >= 0.3 is 0 Å². The Morgan fingerprint density at radius 3 is 2.67 bits per heavy atom. The quantitative estimate of drug-likeness (QED) is 0.334. The first kappa shape index (κ1) is 24.5. The smallest absolute Gasteiger partial charge is 0.237 e. The lowest BCUT2D eigenvalue weighted by Crippen LogP contribution is -2.59. The van der Waals surface area contributed by atoms with Gasteiger partial charge in [0.15, 0.2) is 5.82 Å². The van der Waals surface area contributed by atoms with Crippen LogP contribution in [0.15, 0.2) is 42.6 Å². The Kier molecular flexibility index (Phi) is 6.85. The third-order valence-electron chi connectivity index (χ3n) is 6.86. The molecule has 0 atom stereocenters. The van der Waals surface area contributed by atoms with Crippen molar-refractivity contribution in [2.24, 2.45) is 5.73 Å². The van der Waals surface area contributed by atoms with Crippen LogP contribution in [0.1, 0.15) is 18.7 Å². The largest absolute Gasteiger partial charge is 0.395 e. The Morgan fingerprint density at radius 1 is 1.14 bits per heavy atom. The van der Waals surface area contributed by atoms with Crippen LogP contribution in [0, 0.1) is 0 Å². The zero-order valence-corrected chi connectivity index (χ0v) is 21.4. The molecule has 9 nitrogen and oxygen atoms in total. The Morgan fingerprint density at radius 2 is 1.92 bits per heavy atom. The minimum absolute atomic E-state index is 0.0170. The number of fused-ring (bicyclic) bond motifs is 2. The second kappa shape index (κ2) is 10.1. The molecule has 1 aromatic carbocycles. The molecule has 0 radical (unpaired) electrons. The number of carbonyl (C=O) groups is 1. The number of nitrogens with two attached hydrogens (primary N) is 1. The molecule has 0 unspecified atom stereocenters. The van der Waals surface area contributed by atoms with Crippen molar-refractivity contribution in [2.75, 3.05) is 44.6 Å². The van der Waals surface area contributed by atoms with Crippen LogP contribution in [0.5, 0.6) is 0 Å². The van der Waals surface area contributed by atoms with Crippen LogP contribution in [0.25, 0.3) is 32.5 Å². The van der Waals surface area contributed by atoms with E-state index < -0.39 is 5.54 Å². The molecule has 1 fully saturated rings. The summed E-state index contributed by atoms with van der Waals surface area (Å²) in [5.74, 6) is 1.07. The predicted molar refractivity (Wildman–Crippen MR) is 144 cm³/mol. The van der Waals surface area contributed by atoms with Crippen molar-refractivity contribution in [1.82, 2.24) is 24.8 Å². The highest BCUT2D eigenvalue weighted by atomic mass is 32.1. The van der Waals surface area contributed by atoms with Crippen LogP contribution in [-0.4, -0.2) is 80.6 Å². The van der Waals surface area contributed by atoms with Gasteiger partial charge in [0.05, 0.1) is 27.9 Å². The van der Waals surface area contributed by atoms with Gasteiger partial charge in [-0.25, -0.2) is 9.97 Å². The number of thiophene rings is 1. The fraction of sp³-hybridized carbons (Fsp3) is 0.385. The third-order valence-corrected chi connectivity index (χ3v) is 7.98. The summed E-state index contributed by atoms with van der Waals surface area (Å²) in [7, 11) is 0. The van der Waals surface area contributed by atoms with Gasteiger partial charge < -0.3 is 16.2 Å². The number of para-hydroxylation sites is 1. The number of hydrogen-bond donors (Lipinski definition) is 3. The molecule has 0 bridgehead atoms. The second-order valence-corrected chi connectivity index (χ2v) is 10.7. The Bertz CT molecular complexity index is 1390. The first-order valence-electron chi connectivity index (χ1n) is 12.1. The molecule has 0 aliphatic carbocycles. The van der Waals surface area contributed by atoms with Crippen molar-refractivity contribution in [1.29, 1.82) is 0 Å². The fourth-order valence-corrected chi connectivity index (χ4v) is 5.71. The van der Waals surface area contributed by atoms with Crippen LogP contribution in [-0.2, 0) is 11.3 Å². The molecule has 3 aromatic heterocycles.